The standard InChI is InChI=1S/C20H20N4O3S/c1-27-15-4-2-14(3-5-15)17-12-16(19(28-17)24-20(21)26)18(25)23-11-8-13-6-9-22-10-7-13/h2-7,9-10,12H,8,11H2,1H3,(H,23,25)(H3,21,24,26). The van der Waals surface area contributed by atoms with E-state index in [-0.39, 0.29) is 5.91 Å². The molecule has 8 heteroatoms. The van der Waals surface area contributed by atoms with E-state index >= 15 is 0 Å². The van der Waals surface area contributed by atoms with Gasteiger partial charge in [0.25, 0.3) is 5.91 Å². The largest absolute Gasteiger partial charge is 0.497 e. The Kier molecular flexibility index (Phi) is 6.23. The molecule has 0 aliphatic rings. The topological polar surface area (TPSA) is 106 Å². The Labute approximate surface area is 166 Å². The van der Waals surface area contributed by atoms with Gasteiger partial charge < -0.3 is 15.8 Å². The molecule has 2 aromatic heterocycles. The van der Waals surface area contributed by atoms with Crippen LogP contribution >= 0.6 is 11.3 Å². The molecule has 3 rings (SSSR count). The third kappa shape index (κ3) is 4.86. The Morgan fingerprint density at radius 1 is 1.14 bits per heavy atom. The minimum atomic E-state index is -0.714. The van der Waals surface area contributed by atoms with Crippen LogP contribution in [0.1, 0.15) is 15.9 Å². The van der Waals surface area contributed by atoms with Crippen molar-refractivity contribution in [2.75, 3.05) is 19.0 Å². The number of anilines is 1. The molecule has 144 valence electrons. The van der Waals surface area contributed by atoms with Crippen molar-refractivity contribution >= 4 is 28.3 Å². The lowest BCUT2D eigenvalue weighted by Gasteiger charge is -2.06. The van der Waals surface area contributed by atoms with E-state index in [4.69, 9.17) is 10.5 Å². The van der Waals surface area contributed by atoms with E-state index in [1.165, 1.54) is 11.3 Å². The summed E-state index contributed by atoms with van der Waals surface area (Å²) < 4.78 is 5.17. The molecule has 0 bridgehead atoms. The number of nitrogens with one attached hydrogen (secondary N) is 2. The second-order valence-corrected chi connectivity index (χ2v) is 6.98. The monoisotopic (exact) mass is 396 g/mol. The molecule has 3 aromatic rings. The van der Waals surface area contributed by atoms with Crippen molar-refractivity contribution in [2.45, 2.75) is 6.42 Å². The summed E-state index contributed by atoms with van der Waals surface area (Å²) in [4.78, 5) is 28.8. The zero-order chi connectivity index (χ0) is 19.9. The van der Waals surface area contributed by atoms with Gasteiger partial charge in [-0.2, -0.15) is 0 Å². The van der Waals surface area contributed by atoms with Gasteiger partial charge in [0.1, 0.15) is 10.8 Å². The van der Waals surface area contributed by atoms with Crippen molar-refractivity contribution in [1.29, 1.82) is 0 Å². The summed E-state index contributed by atoms with van der Waals surface area (Å²) in [5, 5.41) is 5.83. The predicted octanol–water partition coefficient (Wildman–Crippen LogP) is 3.28. The van der Waals surface area contributed by atoms with Gasteiger partial charge in [0.05, 0.1) is 12.7 Å². The number of aromatic nitrogens is 1. The molecule has 0 atom stereocenters. The fourth-order valence-corrected chi connectivity index (χ4v) is 3.69. The molecule has 0 unspecified atom stereocenters. The van der Waals surface area contributed by atoms with E-state index in [0.717, 1.165) is 21.8 Å². The molecular formula is C20H20N4O3S. The van der Waals surface area contributed by atoms with Crippen LogP contribution in [0.2, 0.25) is 0 Å². The Bertz CT molecular complexity index is 955. The van der Waals surface area contributed by atoms with Crippen LogP contribution in [0.15, 0.2) is 54.9 Å². The molecule has 0 aliphatic carbocycles. The number of pyridine rings is 1. The highest BCUT2D eigenvalue weighted by Crippen LogP contribution is 2.36. The minimum Gasteiger partial charge on any atom is -0.497 e. The highest BCUT2D eigenvalue weighted by atomic mass is 32.1. The summed E-state index contributed by atoms with van der Waals surface area (Å²) in [6.45, 7) is 0.465. The van der Waals surface area contributed by atoms with E-state index in [0.29, 0.717) is 23.5 Å². The number of nitrogens with zero attached hydrogens (tertiary/aromatic N) is 1. The summed E-state index contributed by atoms with van der Waals surface area (Å²) >= 11 is 1.29. The van der Waals surface area contributed by atoms with Crippen molar-refractivity contribution in [3.63, 3.8) is 0 Å². The number of benzene rings is 1. The van der Waals surface area contributed by atoms with Gasteiger partial charge in [0, 0.05) is 23.8 Å². The predicted molar refractivity (Wildman–Crippen MR) is 110 cm³/mol. The average molecular weight is 396 g/mol. The van der Waals surface area contributed by atoms with Gasteiger partial charge >= 0.3 is 6.03 Å². The lowest BCUT2D eigenvalue weighted by molar-refractivity contribution is 0.0955. The smallest absolute Gasteiger partial charge is 0.317 e. The Balaban J connectivity index is 1.76. The third-order valence-electron chi connectivity index (χ3n) is 4.04. The Morgan fingerprint density at radius 2 is 1.86 bits per heavy atom. The van der Waals surface area contributed by atoms with E-state index in [9.17, 15) is 9.59 Å². The number of ether oxygens (including phenoxy) is 1. The van der Waals surface area contributed by atoms with Crippen LogP contribution < -0.4 is 21.1 Å². The lowest BCUT2D eigenvalue weighted by Crippen LogP contribution is -2.27. The number of urea groups is 1. The van der Waals surface area contributed by atoms with Crippen LogP contribution in [-0.4, -0.2) is 30.6 Å². The summed E-state index contributed by atoms with van der Waals surface area (Å²) in [5.41, 5.74) is 7.63. The average Bonchev–Trinajstić information content (AvgIpc) is 3.12. The van der Waals surface area contributed by atoms with Crippen LogP contribution in [0.5, 0.6) is 5.75 Å². The molecule has 7 nitrogen and oxygen atoms in total. The highest BCUT2D eigenvalue weighted by molar-refractivity contribution is 7.20. The summed E-state index contributed by atoms with van der Waals surface area (Å²) in [6, 6.07) is 12.3. The normalized spacial score (nSPS) is 10.3. The van der Waals surface area contributed by atoms with E-state index in [1.807, 2.05) is 36.4 Å². The lowest BCUT2D eigenvalue weighted by atomic mass is 10.1. The first-order valence-electron chi connectivity index (χ1n) is 8.58. The third-order valence-corrected chi connectivity index (χ3v) is 5.14. The van der Waals surface area contributed by atoms with Gasteiger partial charge in [-0.25, -0.2) is 4.79 Å². The first-order valence-corrected chi connectivity index (χ1v) is 9.40. The first-order chi connectivity index (χ1) is 13.6. The molecule has 0 saturated carbocycles. The Morgan fingerprint density at radius 3 is 2.50 bits per heavy atom. The maximum Gasteiger partial charge on any atom is 0.317 e. The minimum absolute atomic E-state index is 0.270. The number of amides is 3. The summed E-state index contributed by atoms with van der Waals surface area (Å²) in [6.07, 6.45) is 4.11. The number of methoxy groups -OCH3 is 1. The molecule has 0 radical (unpaired) electrons. The number of nitrogens with two attached hydrogens (primary N) is 1. The zero-order valence-corrected chi connectivity index (χ0v) is 16.1. The number of carbonyl (C=O) groups is 2. The first kappa shape index (κ1) is 19.4. The van der Waals surface area contributed by atoms with E-state index < -0.39 is 6.03 Å². The van der Waals surface area contributed by atoms with Gasteiger partial charge in [-0.1, -0.05) is 0 Å². The number of carbonyl (C=O) groups excluding carboxylic acids is 2. The van der Waals surface area contributed by atoms with Crippen molar-refractivity contribution in [3.05, 3.63) is 66.0 Å². The van der Waals surface area contributed by atoms with E-state index in [1.54, 1.807) is 25.6 Å². The van der Waals surface area contributed by atoms with Crippen LogP contribution in [-0.2, 0) is 6.42 Å². The molecule has 0 saturated heterocycles. The SMILES string of the molecule is COc1ccc(-c2cc(C(=O)NCCc3ccncc3)c(NC(N)=O)s2)cc1. The Hall–Kier alpha value is -3.39. The van der Waals surface area contributed by atoms with Crippen molar-refractivity contribution in [1.82, 2.24) is 10.3 Å². The number of hydrogen-bond donors (Lipinski definition) is 3. The summed E-state index contributed by atoms with van der Waals surface area (Å²) in [5.74, 6) is 0.471. The molecule has 3 amide bonds. The molecule has 0 spiro atoms. The fourth-order valence-electron chi connectivity index (χ4n) is 2.63. The second kappa shape index (κ2) is 9.01. The van der Waals surface area contributed by atoms with Gasteiger partial charge in [-0.05, 0) is 60.0 Å². The number of rotatable bonds is 7. The van der Waals surface area contributed by atoms with Gasteiger partial charge in [0.15, 0.2) is 0 Å². The summed E-state index contributed by atoms with van der Waals surface area (Å²) in [7, 11) is 1.60. The quantitative estimate of drug-likeness (QED) is 0.570. The molecule has 2 heterocycles. The molecule has 4 N–H and O–H groups in total. The molecule has 1 aromatic carbocycles. The molecule has 28 heavy (non-hydrogen) atoms. The molecular weight excluding hydrogens is 376 g/mol. The second-order valence-electron chi connectivity index (χ2n) is 5.93. The maximum absolute atomic E-state index is 12.7. The number of thiophene rings is 1. The van der Waals surface area contributed by atoms with Crippen LogP contribution in [0.4, 0.5) is 9.80 Å². The van der Waals surface area contributed by atoms with Crippen LogP contribution in [0.25, 0.3) is 10.4 Å². The molecule has 0 aliphatic heterocycles. The fraction of sp³-hybridized carbons (Fsp3) is 0.150. The van der Waals surface area contributed by atoms with Gasteiger partial charge in [0.2, 0.25) is 0 Å². The molecule has 0 fully saturated rings. The number of primary amides is 1. The highest BCUT2D eigenvalue weighted by Gasteiger charge is 2.18. The van der Waals surface area contributed by atoms with Crippen LogP contribution in [0.3, 0.4) is 0 Å². The van der Waals surface area contributed by atoms with E-state index in [2.05, 4.69) is 15.6 Å². The van der Waals surface area contributed by atoms with Crippen molar-refractivity contribution in [3.8, 4) is 16.2 Å². The van der Waals surface area contributed by atoms with Crippen molar-refractivity contribution < 1.29 is 14.3 Å². The zero-order valence-electron chi connectivity index (χ0n) is 15.3. The van der Waals surface area contributed by atoms with Gasteiger partial charge in [-0.15, -0.1) is 11.3 Å². The van der Waals surface area contributed by atoms with Crippen LogP contribution in [0, 0.1) is 0 Å². The van der Waals surface area contributed by atoms with Gasteiger partial charge in [-0.3, -0.25) is 15.1 Å². The van der Waals surface area contributed by atoms with Crippen molar-refractivity contribution in [2.24, 2.45) is 5.73 Å². The number of hydrogen-bond acceptors (Lipinski definition) is 5. The maximum atomic E-state index is 12.7.